The second-order valence-electron chi connectivity index (χ2n) is 5.04. The molecule has 2 N–H and O–H groups in total. The van der Waals surface area contributed by atoms with Gasteiger partial charge in [0, 0.05) is 10.2 Å². The predicted molar refractivity (Wildman–Crippen MR) is 80.7 cm³/mol. The molecule has 1 aliphatic rings. The van der Waals surface area contributed by atoms with Crippen LogP contribution in [0.15, 0.2) is 29.0 Å². The average molecular weight is 320 g/mol. The highest BCUT2D eigenvalue weighted by atomic mass is 79.9. The van der Waals surface area contributed by atoms with E-state index in [1.165, 1.54) is 35.5 Å². The van der Waals surface area contributed by atoms with Gasteiger partial charge in [-0.15, -0.1) is 0 Å². The van der Waals surface area contributed by atoms with Gasteiger partial charge < -0.3 is 10.3 Å². The van der Waals surface area contributed by atoms with Crippen molar-refractivity contribution in [3.05, 3.63) is 46.0 Å². The number of imidazole rings is 1. The largest absolute Gasteiger partial charge is 0.330 e. The molecular weight excluding hydrogens is 302 g/mol. The summed E-state index contributed by atoms with van der Waals surface area (Å²) in [4.78, 5) is 4.56. The van der Waals surface area contributed by atoms with Crippen LogP contribution in [0.5, 0.6) is 0 Å². The SMILES string of the molecule is NCCc1ccc(-n2cnc3c2CCCC3)c(Br)c1. The van der Waals surface area contributed by atoms with Crippen molar-refractivity contribution in [2.24, 2.45) is 5.73 Å². The summed E-state index contributed by atoms with van der Waals surface area (Å²) < 4.78 is 3.34. The summed E-state index contributed by atoms with van der Waals surface area (Å²) in [6, 6.07) is 6.48. The van der Waals surface area contributed by atoms with E-state index in [9.17, 15) is 0 Å². The molecule has 0 unspecified atom stereocenters. The van der Waals surface area contributed by atoms with Crippen molar-refractivity contribution in [2.45, 2.75) is 32.1 Å². The maximum absolute atomic E-state index is 5.60. The number of halogens is 1. The number of hydrogen-bond acceptors (Lipinski definition) is 2. The molecule has 1 heterocycles. The lowest BCUT2D eigenvalue weighted by Gasteiger charge is -2.15. The minimum absolute atomic E-state index is 0.687. The van der Waals surface area contributed by atoms with Gasteiger partial charge in [0.2, 0.25) is 0 Å². The molecule has 0 fully saturated rings. The van der Waals surface area contributed by atoms with Gasteiger partial charge in [0.25, 0.3) is 0 Å². The van der Waals surface area contributed by atoms with Crippen LogP contribution in [-0.2, 0) is 19.3 Å². The molecule has 2 aromatic rings. The zero-order valence-corrected chi connectivity index (χ0v) is 12.5. The van der Waals surface area contributed by atoms with Gasteiger partial charge in [0.1, 0.15) is 0 Å². The van der Waals surface area contributed by atoms with Crippen molar-refractivity contribution in [3.8, 4) is 5.69 Å². The van der Waals surface area contributed by atoms with E-state index in [1.807, 2.05) is 6.33 Å². The monoisotopic (exact) mass is 319 g/mol. The van der Waals surface area contributed by atoms with Gasteiger partial charge in [-0.05, 0) is 72.3 Å². The van der Waals surface area contributed by atoms with E-state index in [0.717, 1.165) is 23.7 Å². The Morgan fingerprint density at radius 3 is 2.89 bits per heavy atom. The van der Waals surface area contributed by atoms with Crippen LogP contribution in [0.4, 0.5) is 0 Å². The summed E-state index contributed by atoms with van der Waals surface area (Å²) in [5.74, 6) is 0. The Balaban J connectivity index is 2.00. The minimum atomic E-state index is 0.687. The second kappa shape index (κ2) is 5.47. The lowest BCUT2D eigenvalue weighted by Crippen LogP contribution is -2.08. The van der Waals surface area contributed by atoms with Gasteiger partial charge >= 0.3 is 0 Å². The topological polar surface area (TPSA) is 43.8 Å². The number of aryl methyl sites for hydroxylation is 1. The van der Waals surface area contributed by atoms with Crippen molar-refractivity contribution >= 4 is 15.9 Å². The molecule has 0 radical (unpaired) electrons. The Morgan fingerprint density at radius 2 is 2.11 bits per heavy atom. The van der Waals surface area contributed by atoms with Crippen LogP contribution in [0.25, 0.3) is 5.69 Å². The van der Waals surface area contributed by atoms with E-state index >= 15 is 0 Å². The molecule has 0 aliphatic heterocycles. The van der Waals surface area contributed by atoms with E-state index in [0.29, 0.717) is 6.54 Å². The number of nitrogens with two attached hydrogens (primary N) is 1. The fourth-order valence-corrected chi connectivity index (χ4v) is 3.36. The van der Waals surface area contributed by atoms with E-state index in [-0.39, 0.29) is 0 Å². The highest BCUT2D eigenvalue weighted by Crippen LogP contribution is 2.28. The molecule has 0 spiro atoms. The molecule has 0 bridgehead atoms. The lowest BCUT2D eigenvalue weighted by atomic mass is 10.0. The third-order valence-electron chi connectivity index (χ3n) is 3.73. The Bertz CT molecular complexity index is 589. The van der Waals surface area contributed by atoms with Crippen LogP contribution in [-0.4, -0.2) is 16.1 Å². The Hall–Kier alpha value is -1.13. The third kappa shape index (κ3) is 2.47. The highest BCUT2D eigenvalue weighted by Gasteiger charge is 2.17. The molecule has 4 heteroatoms. The Labute approximate surface area is 122 Å². The lowest BCUT2D eigenvalue weighted by molar-refractivity contribution is 0.655. The third-order valence-corrected chi connectivity index (χ3v) is 4.37. The number of aromatic nitrogens is 2. The van der Waals surface area contributed by atoms with Crippen molar-refractivity contribution in [1.29, 1.82) is 0 Å². The van der Waals surface area contributed by atoms with Gasteiger partial charge in [0.15, 0.2) is 0 Å². The highest BCUT2D eigenvalue weighted by molar-refractivity contribution is 9.10. The molecular formula is C15H18BrN3. The van der Waals surface area contributed by atoms with Gasteiger partial charge in [-0.25, -0.2) is 4.98 Å². The zero-order chi connectivity index (χ0) is 13.2. The van der Waals surface area contributed by atoms with Crippen molar-refractivity contribution in [1.82, 2.24) is 9.55 Å². The summed E-state index contributed by atoms with van der Waals surface area (Å²) in [6.07, 6.45) is 7.65. The van der Waals surface area contributed by atoms with Crippen LogP contribution in [0.1, 0.15) is 29.8 Å². The maximum atomic E-state index is 5.60. The summed E-state index contributed by atoms with van der Waals surface area (Å²) in [7, 11) is 0. The fourth-order valence-electron chi connectivity index (χ4n) is 2.74. The van der Waals surface area contributed by atoms with Crippen LogP contribution >= 0.6 is 15.9 Å². The predicted octanol–water partition coefficient (Wildman–Crippen LogP) is 3.01. The van der Waals surface area contributed by atoms with Gasteiger partial charge in [-0.1, -0.05) is 6.07 Å². The van der Waals surface area contributed by atoms with Gasteiger partial charge in [0.05, 0.1) is 17.7 Å². The summed E-state index contributed by atoms with van der Waals surface area (Å²) in [5.41, 5.74) is 10.7. The quantitative estimate of drug-likeness (QED) is 0.945. The molecule has 0 amide bonds. The Kier molecular flexibility index (Phi) is 3.71. The van der Waals surface area contributed by atoms with Crippen LogP contribution in [0, 0.1) is 0 Å². The molecule has 0 saturated heterocycles. The summed E-state index contributed by atoms with van der Waals surface area (Å²) >= 11 is 3.68. The Morgan fingerprint density at radius 1 is 1.26 bits per heavy atom. The molecule has 0 atom stereocenters. The number of nitrogens with zero attached hydrogens (tertiary/aromatic N) is 2. The molecule has 0 saturated carbocycles. The summed E-state index contributed by atoms with van der Waals surface area (Å²) in [6.45, 7) is 0.687. The summed E-state index contributed by atoms with van der Waals surface area (Å²) in [5, 5.41) is 0. The smallest absolute Gasteiger partial charge is 0.0998 e. The average Bonchev–Trinajstić information content (AvgIpc) is 2.83. The van der Waals surface area contributed by atoms with Crippen LogP contribution < -0.4 is 5.73 Å². The van der Waals surface area contributed by atoms with Gasteiger partial charge in [-0.3, -0.25) is 0 Å². The first-order valence-corrected chi connectivity index (χ1v) is 7.63. The van der Waals surface area contributed by atoms with Crippen molar-refractivity contribution in [2.75, 3.05) is 6.54 Å². The molecule has 100 valence electrons. The zero-order valence-electron chi connectivity index (χ0n) is 10.9. The maximum Gasteiger partial charge on any atom is 0.0998 e. The van der Waals surface area contributed by atoms with Crippen molar-refractivity contribution in [3.63, 3.8) is 0 Å². The number of benzene rings is 1. The second-order valence-corrected chi connectivity index (χ2v) is 5.89. The standard InChI is InChI=1S/C15H18BrN3/c16-12-9-11(7-8-17)5-6-14(12)19-10-18-13-3-1-2-4-15(13)19/h5-6,9-10H,1-4,7-8,17H2. The first-order valence-electron chi connectivity index (χ1n) is 6.83. The van der Waals surface area contributed by atoms with Crippen LogP contribution in [0.2, 0.25) is 0 Å². The molecule has 1 aromatic heterocycles. The molecule has 19 heavy (non-hydrogen) atoms. The molecule has 3 rings (SSSR count). The van der Waals surface area contributed by atoms with E-state index in [4.69, 9.17) is 5.73 Å². The number of fused-ring (bicyclic) bond motifs is 1. The number of hydrogen-bond donors (Lipinski definition) is 1. The number of rotatable bonds is 3. The van der Waals surface area contributed by atoms with Gasteiger partial charge in [-0.2, -0.15) is 0 Å². The van der Waals surface area contributed by atoms with Crippen molar-refractivity contribution < 1.29 is 0 Å². The minimum Gasteiger partial charge on any atom is -0.330 e. The first-order chi connectivity index (χ1) is 9.29. The molecule has 1 aliphatic carbocycles. The normalized spacial score (nSPS) is 14.4. The first kappa shape index (κ1) is 12.9. The fraction of sp³-hybridized carbons (Fsp3) is 0.400. The van der Waals surface area contributed by atoms with E-state index in [1.54, 1.807) is 0 Å². The molecule has 3 nitrogen and oxygen atoms in total. The molecule has 1 aromatic carbocycles. The van der Waals surface area contributed by atoms with E-state index in [2.05, 4.69) is 43.7 Å². The van der Waals surface area contributed by atoms with E-state index < -0.39 is 0 Å². The van der Waals surface area contributed by atoms with Crippen LogP contribution in [0.3, 0.4) is 0 Å².